The van der Waals surface area contributed by atoms with Crippen LogP contribution in [0, 0.1) is 6.92 Å². The van der Waals surface area contributed by atoms with Gasteiger partial charge < -0.3 is 11.1 Å². The van der Waals surface area contributed by atoms with Crippen LogP contribution in [-0.4, -0.2) is 24.0 Å². The Morgan fingerprint density at radius 1 is 1.17 bits per heavy atom. The second-order valence-corrected chi connectivity index (χ2v) is 7.06. The average Bonchev–Trinajstić information content (AvgIpc) is 3.02. The van der Waals surface area contributed by atoms with Crippen LogP contribution in [0.1, 0.15) is 42.7 Å². The monoisotopic (exact) mass is 345 g/mol. The first kappa shape index (κ1) is 18.6. The molecular formula is C19H27N3OS. The lowest BCUT2D eigenvalue weighted by Gasteiger charge is -2.06. The van der Waals surface area contributed by atoms with Crippen molar-refractivity contribution >= 4 is 17.2 Å². The number of unbranched alkanes of at least 4 members (excludes halogenated alkanes) is 3. The van der Waals surface area contributed by atoms with Gasteiger partial charge in [0.2, 0.25) is 5.91 Å². The Hall–Kier alpha value is -1.72. The molecule has 0 aliphatic carbocycles. The molecule has 0 atom stereocenters. The Kier molecular flexibility index (Phi) is 7.92. The fourth-order valence-electron chi connectivity index (χ4n) is 2.56. The van der Waals surface area contributed by atoms with E-state index >= 15 is 0 Å². The molecule has 5 heteroatoms. The molecular weight excluding hydrogens is 318 g/mol. The summed E-state index contributed by atoms with van der Waals surface area (Å²) in [7, 11) is 0. The van der Waals surface area contributed by atoms with Gasteiger partial charge in [0.15, 0.2) is 0 Å². The van der Waals surface area contributed by atoms with Gasteiger partial charge >= 0.3 is 0 Å². The quantitative estimate of drug-likeness (QED) is 0.645. The lowest BCUT2D eigenvalue weighted by atomic mass is 10.1. The van der Waals surface area contributed by atoms with Gasteiger partial charge in [0.1, 0.15) is 0 Å². The summed E-state index contributed by atoms with van der Waals surface area (Å²) in [5.74, 6) is 0.150. The first-order chi connectivity index (χ1) is 11.7. The minimum Gasteiger partial charge on any atom is -0.356 e. The molecule has 0 fully saturated rings. The summed E-state index contributed by atoms with van der Waals surface area (Å²) in [6, 6.07) is 8.43. The molecule has 1 aromatic carbocycles. The zero-order chi connectivity index (χ0) is 17.2. The van der Waals surface area contributed by atoms with Crippen molar-refractivity contribution in [1.82, 2.24) is 10.3 Å². The van der Waals surface area contributed by atoms with Crippen LogP contribution in [0.25, 0.3) is 11.3 Å². The van der Waals surface area contributed by atoms with E-state index in [1.807, 2.05) is 6.92 Å². The molecule has 1 heterocycles. The zero-order valence-electron chi connectivity index (χ0n) is 14.4. The highest BCUT2D eigenvalue weighted by Crippen LogP contribution is 2.21. The van der Waals surface area contributed by atoms with Crippen LogP contribution >= 0.6 is 11.3 Å². The van der Waals surface area contributed by atoms with Crippen LogP contribution in [0.3, 0.4) is 0 Å². The van der Waals surface area contributed by atoms with E-state index in [9.17, 15) is 4.79 Å². The number of carbonyl (C=O) groups is 1. The number of hydrogen-bond acceptors (Lipinski definition) is 4. The zero-order valence-corrected chi connectivity index (χ0v) is 15.2. The molecule has 0 saturated heterocycles. The average molecular weight is 346 g/mol. The smallest absolute Gasteiger partial charge is 0.220 e. The lowest BCUT2D eigenvalue weighted by Crippen LogP contribution is -2.25. The number of aryl methyl sites for hydroxylation is 1. The fraction of sp³-hybridized carbons (Fsp3) is 0.474. The third-order valence-corrected chi connectivity index (χ3v) is 4.74. The molecule has 0 aliphatic rings. The highest BCUT2D eigenvalue weighted by molar-refractivity contribution is 7.09. The van der Waals surface area contributed by atoms with Gasteiger partial charge in [0, 0.05) is 23.9 Å². The van der Waals surface area contributed by atoms with E-state index < -0.39 is 0 Å². The predicted molar refractivity (Wildman–Crippen MR) is 101 cm³/mol. The van der Waals surface area contributed by atoms with Gasteiger partial charge in [-0.3, -0.25) is 4.79 Å². The molecule has 0 saturated carbocycles. The summed E-state index contributed by atoms with van der Waals surface area (Å²) in [5, 5.41) is 6.16. The lowest BCUT2D eigenvalue weighted by molar-refractivity contribution is -0.121. The van der Waals surface area contributed by atoms with E-state index in [-0.39, 0.29) is 5.91 Å². The molecule has 2 aromatic rings. The second-order valence-electron chi connectivity index (χ2n) is 6.00. The summed E-state index contributed by atoms with van der Waals surface area (Å²) in [6.45, 7) is 3.45. The largest absolute Gasteiger partial charge is 0.356 e. The Balaban J connectivity index is 1.66. The SMILES string of the molecule is Cc1nc(-c2ccc(CCNC(=O)CCCCCCN)cc2)cs1. The Morgan fingerprint density at radius 2 is 1.92 bits per heavy atom. The summed E-state index contributed by atoms with van der Waals surface area (Å²) >= 11 is 1.67. The van der Waals surface area contributed by atoms with Crippen LogP contribution in [0.2, 0.25) is 0 Å². The summed E-state index contributed by atoms with van der Waals surface area (Å²) in [6.07, 6.45) is 5.68. The van der Waals surface area contributed by atoms with Crippen LogP contribution in [-0.2, 0) is 11.2 Å². The van der Waals surface area contributed by atoms with Crippen molar-refractivity contribution in [2.75, 3.05) is 13.1 Å². The molecule has 1 aromatic heterocycles. The van der Waals surface area contributed by atoms with Crippen molar-refractivity contribution in [3.63, 3.8) is 0 Å². The first-order valence-corrected chi connectivity index (χ1v) is 9.55. The number of amides is 1. The number of carbonyl (C=O) groups excluding carboxylic acids is 1. The molecule has 0 spiro atoms. The van der Waals surface area contributed by atoms with Gasteiger partial charge in [-0.15, -0.1) is 11.3 Å². The van der Waals surface area contributed by atoms with Crippen molar-refractivity contribution in [1.29, 1.82) is 0 Å². The van der Waals surface area contributed by atoms with Crippen LogP contribution < -0.4 is 11.1 Å². The van der Waals surface area contributed by atoms with Crippen LogP contribution in [0.15, 0.2) is 29.6 Å². The third-order valence-electron chi connectivity index (χ3n) is 3.96. The number of hydrogen-bond donors (Lipinski definition) is 2. The molecule has 2 rings (SSSR count). The molecule has 3 N–H and O–H groups in total. The third kappa shape index (κ3) is 6.42. The Labute approximate surface area is 148 Å². The maximum atomic E-state index is 11.8. The molecule has 0 aliphatic heterocycles. The van der Waals surface area contributed by atoms with E-state index in [1.165, 1.54) is 5.56 Å². The number of thiazole rings is 1. The minimum atomic E-state index is 0.150. The molecule has 4 nitrogen and oxygen atoms in total. The highest BCUT2D eigenvalue weighted by atomic mass is 32.1. The number of benzene rings is 1. The van der Waals surface area contributed by atoms with Gasteiger partial charge in [-0.25, -0.2) is 4.98 Å². The molecule has 130 valence electrons. The van der Waals surface area contributed by atoms with E-state index in [0.717, 1.165) is 54.9 Å². The number of nitrogens with one attached hydrogen (secondary N) is 1. The molecule has 1 amide bonds. The van der Waals surface area contributed by atoms with Gasteiger partial charge in [-0.05, 0) is 38.3 Å². The number of nitrogens with two attached hydrogens (primary N) is 1. The second kappa shape index (κ2) is 10.2. The van der Waals surface area contributed by atoms with E-state index in [4.69, 9.17) is 5.73 Å². The van der Waals surface area contributed by atoms with Crippen molar-refractivity contribution < 1.29 is 4.79 Å². The molecule has 0 bridgehead atoms. The van der Waals surface area contributed by atoms with E-state index in [0.29, 0.717) is 13.0 Å². The number of nitrogens with zero attached hydrogens (tertiary/aromatic N) is 1. The number of rotatable bonds is 10. The van der Waals surface area contributed by atoms with Crippen LogP contribution in [0.5, 0.6) is 0 Å². The van der Waals surface area contributed by atoms with Gasteiger partial charge in [0.05, 0.1) is 10.7 Å². The topological polar surface area (TPSA) is 68.0 Å². The maximum absolute atomic E-state index is 11.8. The van der Waals surface area contributed by atoms with E-state index in [2.05, 4.69) is 39.9 Å². The highest BCUT2D eigenvalue weighted by Gasteiger charge is 2.03. The Morgan fingerprint density at radius 3 is 2.58 bits per heavy atom. The normalized spacial score (nSPS) is 10.8. The first-order valence-electron chi connectivity index (χ1n) is 8.67. The molecule has 0 unspecified atom stereocenters. The van der Waals surface area contributed by atoms with Crippen LogP contribution in [0.4, 0.5) is 0 Å². The molecule has 24 heavy (non-hydrogen) atoms. The summed E-state index contributed by atoms with van der Waals surface area (Å²) in [4.78, 5) is 16.3. The van der Waals surface area contributed by atoms with Gasteiger partial charge in [0.25, 0.3) is 0 Å². The van der Waals surface area contributed by atoms with Crippen molar-refractivity contribution in [3.05, 3.63) is 40.2 Å². The van der Waals surface area contributed by atoms with Gasteiger partial charge in [-0.2, -0.15) is 0 Å². The standard InChI is InChI=1S/C19H27N3OS/c1-15-22-18(14-24-15)17-9-7-16(8-10-17)11-13-21-19(23)6-4-2-3-5-12-20/h7-10,14H,2-6,11-13,20H2,1H3,(H,21,23). The fourth-order valence-corrected chi connectivity index (χ4v) is 3.18. The number of aromatic nitrogens is 1. The molecule has 0 radical (unpaired) electrons. The summed E-state index contributed by atoms with van der Waals surface area (Å²) in [5.41, 5.74) is 8.86. The van der Waals surface area contributed by atoms with Gasteiger partial charge in [-0.1, -0.05) is 37.1 Å². The minimum absolute atomic E-state index is 0.150. The van der Waals surface area contributed by atoms with Crippen molar-refractivity contribution in [2.24, 2.45) is 5.73 Å². The maximum Gasteiger partial charge on any atom is 0.220 e. The Bertz CT molecular complexity index is 622. The predicted octanol–water partition coefficient (Wildman–Crippen LogP) is 3.69. The van der Waals surface area contributed by atoms with E-state index in [1.54, 1.807) is 11.3 Å². The summed E-state index contributed by atoms with van der Waals surface area (Å²) < 4.78 is 0. The van der Waals surface area contributed by atoms with Crippen molar-refractivity contribution in [3.8, 4) is 11.3 Å². The van der Waals surface area contributed by atoms with Crippen molar-refractivity contribution in [2.45, 2.75) is 45.4 Å².